The smallest absolute Gasteiger partial charge is 0.244 e. The monoisotopic (exact) mass is 352 g/mol. The molecule has 1 aliphatic heterocycles. The highest BCUT2D eigenvalue weighted by Crippen LogP contribution is 2.21. The third kappa shape index (κ3) is 4.50. The van der Waals surface area contributed by atoms with E-state index in [1.807, 2.05) is 19.1 Å². The van der Waals surface area contributed by atoms with Crippen molar-refractivity contribution in [2.24, 2.45) is 0 Å². The maximum atomic E-state index is 12.5. The highest BCUT2D eigenvalue weighted by Gasteiger charge is 2.34. The van der Waals surface area contributed by atoms with E-state index in [2.05, 4.69) is 31.3 Å². The highest BCUT2D eigenvalue weighted by atomic mass is 32.2. The Hall–Kier alpha value is -1.56. The summed E-state index contributed by atoms with van der Waals surface area (Å²) in [7, 11) is -1.30. The molecule has 1 aromatic rings. The van der Waals surface area contributed by atoms with Crippen molar-refractivity contribution < 1.29 is 13.2 Å². The summed E-state index contributed by atoms with van der Waals surface area (Å²) in [6.45, 7) is 6.17. The third-order valence-electron chi connectivity index (χ3n) is 4.95. The molecule has 3 atom stereocenters. The molecule has 0 radical (unpaired) electrons. The minimum Gasteiger partial charge on any atom is -0.374 e. The first-order valence-corrected chi connectivity index (χ1v) is 10.4. The van der Waals surface area contributed by atoms with E-state index in [1.54, 1.807) is 11.9 Å². The van der Waals surface area contributed by atoms with Gasteiger partial charge in [-0.2, -0.15) is 0 Å². The van der Waals surface area contributed by atoms with Crippen molar-refractivity contribution in [2.45, 2.75) is 51.6 Å². The SMILES string of the molecule is CC[C@H](C)c1ccc(N[C@@H](C)C(=O)N(C)[C@@H]2CCS(=O)(=O)C2)cc1. The fourth-order valence-electron chi connectivity index (χ4n) is 3.02. The van der Waals surface area contributed by atoms with Gasteiger partial charge in [-0.1, -0.05) is 26.0 Å². The topological polar surface area (TPSA) is 66.5 Å². The van der Waals surface area contributed by atoms with E-state index in [4.69, 9.17) is 0 Å². The third-order valence-corrected chi connectivity index (χ3v) is 6.70. The van der Waals surface area contributed by atoms with Gasteiger partial charge >= 0.3 is 0 Å². The average molecular weight is 353 g/mol. The lowest BCUT2D eigenvalue weighted by molar-refractivity contribution is -0.132. The van der Waals surface area contributed by atoms with Crippen LogP contribution in [0.5, 0.6) is 0 Å². The Morgan fingerprint density at radius 3 is 2.42 bits per heavy atom. The number of carbonyl (C=O) groups excluding carboxylic acids is 1. The molecule has 0 aromatic heterocycles. The predicted octanol–water partition coefficient (Wildman–Crippen LogP) is 2.65. The van der Waals surface area contributed by atoms with Gasteiger partial charge in [-0.3, -0.25) is 4.79 Å². The van der Waals surface area contributed by atoms with Crippen LogP contribution in [-0.4, -0.2) is 49.9 Å². The Morgan fingerprint density at radius 2 is 1.92 bits per heavy atom. The molecule has 2 rings (SSSR count). The van der Waals surface area contributed by atoms with Crippen LogP contribution in [0.4, 0.5) is 5.69 Å². The van der Waals surface area contributed by atoms with E-state index in [9.17, 15) is 13.2 Å². The Kier molecular flexibility index (Phi) is 5.91. The largest absolute Gasteiger partial charge is 0.374 e. The minimum absolute atomic E-state index is 0.0750. The van der Waals surface area contributed by atoms with Crippen LogP contribution in [0.3, 0.4) is 0 Å². The fourth-order valence-corrected chi connectivity index (χ4v) is 4.80. The molecule has 0 unspecified atom stereocenters. The molecule has 0 saturated carbocycles. The number of nitrogens with one attached hydrogen (secondary N) is 1. The summed E-state index contributed by atoms with van der Waals surface area (Å²) in [6.07, 6.45) is 1.62. The maximum absolute atomic E-state index is 12.5. The van der Waals surface area contributed by atoms with Gasteiger partial charge < -0.3 is 10.2 Å². The number of likely N-dealkylation sites (N-methyl/N-ethyl adjacent to an activating group) is 1. The van der Waals surface area contributed by atoms with Gasteiger partial charge in [0.15, 0.2) is 9.84 Å². The van der Waals surface area contributed by atoms with Crippen molar-refractivity contribution >= 4 is 21.4 Å². The Bertz CT molecular complexity index is 670. The van der Waals surface area contributed by atoms with E-state index in [-0.39, 0.29) is 23.5 Å². The number of benzene rings is 1. The number of rotatable bonds is 6. The lowest BCUT2D eigenvalue weighted by atomic mass is 9.98. The van der Waals surface area contributed by atoms with Gasteiger partial charge in [0.25, 0.3) is 0 Å². The zero-order valence-corrected chi connectivity index (χ0v) is 15.8. The Balaban J connectivity index is 1.96. The second-order valence-electron chi connectivity index (χ2n) is 6.80. The molecule has 6 heteroatoms. The van der Waals surface area contributed by atoms with Crippen LogP contribution in [0.2, 0.25) is 0 Å². The summed E-state index contributed by atoms with van der Waals surface area (Å²) in [4.78, 5) is 14.1. The molecule has 24 heavy (non-hydrogen) atoms. The van der Waals surface area contributed by atoms with Crippen molar-refractivity contribution in [2.75, 3.05) is 23.9 Å². The van der Waals surface area contributed by atoms with Gasteiger partial charge in [-0.05, 0) is 43.4 Å². The van der Waals surface area contributed by atoms with Crippen LogP contribution in [0, 0.1) is 0 Å². The summed E-state index contributed by atoms with van der Waals surface area (Å²) in [5, 5.41) is 3.21. The first kappa shape index (κ1) is 18.8. The Morgan fingerprint density at radius 1 is 1.29 bits per heavy atom. The van der Waals surface area contributed by atoms with E-state index in [1.165, 1.54) is 5.56 Å². The summed E-state index contributed by atoms with van der Waals surface area (Å²) in [6, 6.07) is 7.55. The van der Waals surface area contributed by atoms with Crippen molar-refractivity contribution in [1.29, 1.82) is 0 Å². The molecule has 0 aliphatic carbocycles. The van der Waals surface area contributed by atoms with E-state index in [0.717, 1.165) is 12.1 Å². The molecule has 1 aliphatic rings. The maximum Gasteiger partial charge on any atom is 0.244 e. The van der Waals surface area contributed by atoms with Gasteiger partial charge in [0, 0.05) is 18.8 Å². The summed E-state index contributed by atoms with van der Waals surface area (Å²) >= 11 is 0. The van der Waals surface area contributed by atoms with Crippen molar-refractivity contribution in [3.05, 3.63) is 29.8 Å². The summed E-state index contributed by atoms with van der Waals surface area (Å²) in [5.74, 6) is 0.691. The van der Waals surface area contributed by atoms with Gasteiger partial charge in [-0.25, -0.2) is 8.42 Å². The van der Waals surface area contributed by atoms with E-state index >= 15 is 0 Å². The van der Waals surface area contributed by atoms with Gasteiger partial charge in [0.1, 0.15) is 6.04 Å². The molecule has 1 fully saturated rings. The van der Waals surface area contributed by atoms with Crippen molar-refractivity contribution in [3.8, 4) is 0 Å². The fraction of sp³-hybridized carbons (Fsp3) is 0.611. The van der Waals surface area contributed by atoms with Crippen molar-refractivity contribution in [3.63, 3.8) is 0 Å². The number of nitrogens with zero attached hydrogens (tertiary/aromatic N) is 1. The summed E-state index contributed by atoms with van der Waals surface area (Å²) < 4.78 is 23.2. The lowest BCUT2D eigenvalue weighted by Gasteiger charge is -2.27. The molecule has 1 saturated heterocycles. The van der Waals surface area contributed by atoms with Crippen LogP contribution >= 0.6 is 0 Å². The molecular weight excluding hydrogens is 324 g/mol. The molecule has 5 nitrogen and oxygen atoms in total. The minimum atomic E-state index is -2.99. The molecule has 1 amide bonds. The molecule has 1 aromatic carbocycles. The second-order valence-corrected chi connectivity index (χ2v) is 9.03. The normalized spacial score (nSPS) is 21.9. The number of carbonyl (C=O) groups is 1. The van der Waals surface area contributed by atoms with Crippen LogP contribution in [0.25, 0.3) is 0 Å². The average Bonchev–Trinajstić information content (AvgIpc) is 2.93. The second kappa shape index (κ2) is 7.55. The molecular formula is C18H28N2O3S. The van der Waals surface area contributed by atoms with Gasteiger partial charge in [0.2, 0.25) is 5.91 Å². The van der Waals surface area contributed by atoms with Gasteiger partial charge in [0.05, 0.1) is 11.5 Å². The molecule has 0 spiro atoms. The lowest BCUT2D eigenvalue weighted by Crippen LogP contribution is -2.45. The van der Waals surface area contributed by atoms with Crippen LogP contribution in [0.1, 0.15) is 45.1 Å². The summed E-state index contributed by atoms with van der Waals surface area (Å²) in [5.41, 5.74) is 2.19. The number of sulfone groups is 1. The highest BCUT2D eigenvalue weighted by molar-refractivity contribution is 7.91. The molecule has 1 heterocycles. The van der Waals surface area contributed by atoms with E-state index in [0.29, 0.717) is 12.3 Å². The predicted molar refractivity (Wildman–Crippen MR) is 98.1 cm³/mol. The first-order chi connectivity index (χ1) is 11.2. The number of hydrogen-bond acceptors (Lipinski definition) is 4. The molecule has 1 N–H and O–H groups in total. The van der Waals surface area contributed by atoms with Crippen LogP contribution in [0.15, 0.2) is 24.3 Å². The number of anilines is 1. The van der Waals surface area contributed by atoms with Crippen LogP contribution < -0.4 is 5.32 Å². The standard InChI is InChI=1S/C18H28N2O3S/c1-5-13(2)15-6-8-16(9-7-15)19-14(3)18(21)20(4)17-10-11-24(22,23)12-17/h6-9,13-14,17,19H,5,10-12H2,1-4H3/t13-,14-,17+/m0/s1. The Labute approximate surface area is 145 Å². The zero-order chi connectivity index (χ0) is 17.9. The van der Waals surface area contributed by atoms with Gasteiger partial charge in [-0.15, -0.1) is 0 Å². The number of amides is 1. The van der Waals surface area contributed by atoms with E-state index < -0.39 is 15.9 Å². The molecule has 134 valence electrons. The zero-order valence-electron chi connectivity index (χ0n) is 15.0. The van der Waals surface area contributed by atoms with Crippen molar-refractivity contribution in [1.82, 2.24) is 4.90 Å². The number of hydrogen-bond donors (Lipinski definition) is 1. The first-order valence-electron chi connectivity index (χ1n) is 8.57. The molecule has 0 bridgehead atoms. The quantitative estimate of drug-likeness (QED) is 0.855. The van der Waals surface area contributed by atoms with Crippen LogP contribution in [-0.2, 0) is 14.6 Å².